The van der Waals surface area contributed by atoms with Crippen molar-refractivity contribution < 1.29 is 0 Å². The van der Waals surface area contributed by atoms with Gasteiger partial charge in [-0.15, -0.1) is 11.8 Å². The van der Waals surface area contributed by atoms with Crippen LogP contribution in [0.1, 0.15) is 40.2 Å². The molecule has 1 atom stereocenters. The van der Waals surface area contributed by atoms with E-state index in [-0.39, 0.29) is 0 Å². The first-order valence-electron chi connectivity index (χ1n) is 13.5. The van der Waals surface area contributed by atoms with Crippen molar-refractivity contribution in [3.63, 3.8) is 0 Å². The fourth-order valence-electron chi connectivity index (χ4n) is 5.32. The summed E-state index contributed by atoms with van der Waals surface area (Å²) in [4.78, 5) is 5.10. The average Bonchev–Trinajstić information content (AvgIpc) is 3.04. The highest BCUT2D eigenvalue weighted by molar-refractivity contribution is 14.1. The molecule has 1 aliphatic rings. The van der Waals surface area contributed by atoms with Crippen molar-refractivity contribution in [2.75, 3.05) is 0 Å². The highest BCUT2D eigenvalue weighted by Gasteiger charge is 2.20. The largest absolute Gasteiger partial charge is 0.263 e. The van der Waals surface area contributed by atoms with E-state index in [1.54, 1.807) is 17.8 Å². The number of thioether (sulfide) groups is 1. The van der Waals surface area contributed by atoms with Gasteiger partial charge in [-0.05, 0) is 117 Å². The van der Waals surface area contributed by atoms with Gasteiger partial charge in [-0.2, -0.15) is 5.26 Å². The number of allylic oxidation sites excluding steroid dienone is 1. The third-order valence-corrected chi connectivity index (χ3v) is 9.40. The Morgan fingerprint density at radius 2 is 1.46 bits per heavy atom. The summed E-state index contributed by atoms with van der Waals surface area (Å²) in [7, 11) is 0. The molecule has 0 amide bonds. The van der Waals surface area contributed by atoms with Gasteiger partial charge < -0.3 is 0 Å². The molecule has 5 aromatic rings. The Morgan fingerprint density at radius 1 is 0.805 bits per heavy atom. The lowest BCUT2D eigenvalue weighted by molar-refractivity contribution is 0.819. The van der Waals surface area contributed by atoms with Gasteiger partial charge in [-0.1, -0.05) is 84.9 Å². The smallest absolute Gasteiger partial charge is 0.0992 e. The Kier molecular flexibility index (Phi) is 8.18. The third-order valence-electron chi connectivity index (χ3n) is 7.56. The Bertz CT molecular complexity index is 1780. The highest BCUT2D eigenvalue weighted by Crippen LogP contribution is 2.39. The van der Waals surface area contributed by atoms with Crippen LogP contribution in [0.25, 0.3) is 28.3 Å². The third kappa shape index (κ3) is 6.07. The van der Waals surface area contributed by atoms with Gasteiger partial charge in [0.1, 0.15) is 0 Å². The molecule has 5 aromatic carbocycles. The molecular formula is C37H27IN2S. The molecule has 0 fully saturated rings. The number of hydrogen-bond donors (Lipinski definition) is 0. The van der Waals surface area contributed by atoms with Crippen molar-refractivity contribution >= 4 is 52.8 Å². The number of halogens is 1. The molecule has 6 rings (SSSR count). The SMILES string of the molecule is C=Nc1ccc(C#N)cc1SCc1ccc(C2CC=Cc3ccc(-c4ccc(-c5ccc(I)cc5)cc4)cc32)cc1. The lowest BCUT2D eigenvalue weighted by Gasteiger charge is -2.23. The van der Waals surface area contributed by atoms with Crippen LogP contribution >= 0.6 is 34.4 Å². The first-order valence-corrected chi connectivity index (χ1v) is 15.6. The fraction of sp³-hybridized carbons (Fsp3) is 0.0811. The van der Waals surface area contributed by atoms with E-state index >= 15 is 0 Å². The van der Waals surface area contributed by atoms with Crippen molar-refractivity contribution in [2.45, 2.75) is 23.0 Å². The Hall–Kier alpha value is -3.92. The quantitative estimate of drug-likeness (QED) is 0.0991. The van der Waals surface area contributed by atoms with Crippen molar-refractivity contribution in [3.8, 4) is 28.3 Å². The second kappa shape index (κ2) is 12.3. The molecule has 0 aromatic heterocycles. The molecule has 0 bridgehead atoms. The zero-order valence-corrected chi connectivity index (χ0v) is 25.4. The molecular weight excluding hydrogens is 631 g/mol. The summed E-state index contributed by atoms with van der Waals surface area (Å²) < 4.78 is 1.25. The van der Waals surface area contributed by atoms with Crippen LogP contribution in [0.2, 0.25) is 0 Å². The molecule has 2 nitrogen and oxygen atoms in total. The van der Waals surface area contributed by atoms with Gasteiger partial charge in [0.15, 0.2) is 0 Å². The van der Waals surface area contributed by atoms with E-state index in [0.29, 0.717) is 11.5 Å². The van der Waals surface area contributed by atoms with Crippen LogP contribution in [0, 0.1) is 14.9 Å². The second-order valence-corrected chi connectivity index (χ2v) is 12.4. The lowest BCUT2D eigenvalue weighted by Crippen LogP contribution is -2.06. The van der Waals surface area contributed by atoms with Gasteiger partial charge >= 0.3 is 0 Å². The molecule has 0 saturated carbocycles. The molecule has 0 saturated heterocycles. The van der Waals surface area contributed by atoms with Crippen LogP contribution in [-0.4, -0.2) is 6.72 Å². The lowest BCUT2D eigenvalue weighted by atomic mass is 9.81. The van der Waals surface area contributed by atoms with Gasteiger partial charge in [-0.25, -0.2) is 0 Å². The zero-order chi connectivity index (χ0) is 28.2. The summed E-state index contributed by atoms with van der Waals surface area (Å²) in [6.45, 7) is 3.68. The zero-order valence-electron chi connectivity index (χ0n) is 22.4. The number of nitrogens with zero attached hydrogens (tertiary/aromatic N) is 2. The number of rotatable bonds is 7. The van der Waals surface area contributed by atoms with Crippen LogP contribution in [0.15, 0.2) is 125 Å². The molecule has 0 spiro atoms. The van der Waals surface area contributed by atoms with Crippen LogP contribution in [0.4, 0.5) is 5.69 Å². The number of nitriles is 1. The average molecular weight is 659 g/mol. The maximum absolute atomic E-state index is 9.27. The number of fused-ring (bicyclic) bond motifs is 1. The van der Waals surface area contributed by atoms with Crippen molar-refractivity contribution in [1.82, 2.24) is 0 Å². The minimum atomic E-state index is 0.326. The van der Waals surface area contributed by atoms with Crippen LogP contribution in [0.3, 0.4) is 0 Å². The van der Waals surface area contributed by atoms with E-state index in [1.807, 2.05) is 12.1 Å². The van der Waals surface area contributed by atoms with Crippen LogP contribution in [0.5, 0.6) is 0 Å². The van der Waals surface area contributed by atoms with E-state index in [9.17, 15) is 5.26 Å². The molecule has 1 unspecified atom stereocenters. The van der Waals surface area contributed by atoms with E-state index in [0.717, 1.165) is 22.8 Å². The molecule has 198 valence electrons. The predicted molar refractivity (Wildman–Crippen MR) is 182 cm³/mol. The molecule has 41 heavy (non-hydrogen) atoms. The Labute approximate surface area is 259 Å². The molecule has 0 radical (unpaired) electrons. The molecule has 4 heteroatoms. The van der Waals surface area contributed by atoms with Crippen LogP contribution < -0.4 is 0 Å². The van der Waals surface area contributed by atoms with E-state index in [2.05, 4.69) is 144 Å². The molecule has 1 aliphatic carbocycles. The summed E-state index contributed by atoms with van der Waals surface area (Å²) in [6.07, 6.45) is 5.53. The van der Waals surface area contributed by atoms with Gasteiger partial charge in [0, 0.05) is 20.1 Å². The number of benzene rings is 5. The minimum Gasteiger partial charge on any atom is -0.263 e. The van der Waals surface area contributed by atoms with Crippen molar-refractivity contribution in [1.29, 1.82) is 5.26 Å². The summed E-state index contributed by atoms with van der Waals surface area (Å²) in [5.41, 5.74) is 11.6. The van der Waals surface area contributed by atoms with Gasteiger partial charge in [0.05, 0.1) is 17.3 Å². The first-order chi connectivity index (χ1) is 20.1. The predicted octanol–water partition coefficient (Wildman–Crippen LogP) is 10.7. The van der Waals surface area contributed by atoms with Gasteiger partial charge in [-0.3, -0.25) is 4.99 Å². The van der Waals surface area contributed by atoms with Gasteiger partial charge in [0.25, 0.3) is 0 Å². The minimum absolute atomic E-state index is 0.326. The maximum atomic E-state index is 9.27. The summed E-state index contributed by atoms with van der Waals surface area (Å²) >= 11 is 4.03. The maximum Gasteiger partial charge on any atom is 0.0992 e. The Morgan fingerprint density at radius 3 is 2.15 bits per heavy atom. The standard InChI is InChI=1S/C37H27IN2S/c1-40-36-20-7-26(23-39)21-37(36)41-24-25-5-8-31(9-6-25)34-4-2-3-30-14-15-32(22-35(30)34)29-12-10-27(11-13-29)28-16-18-33(38)19-17-28/h2-3,5-22,34H,1,4,24H2. The van der Waals surface area contributed by atoms with Gasteiger partial charge in [0.2, 0.25) is 0 Å². The van der Waals surface area contributed by atoms with E-state index < -0.39 is 0 Å². The normalized spacial score (nSPS) is 13.8. The first kappa shape index (κ1) is 27.3. The van der Waals surface area contributed by atoms with Crippen LogP contribution in [-0.2, 0) is 5.75 Å². The van der Waals surface area contributed by atoms with E-state index in [4.69, 9.17) is 0 Å². The summed E-state index contributed by atoms with van der Waals surface area (Å²) in [6, 6.07) is 41.2. The number of aliphatic imine (C=N–C) groups is 1. The van der Waals surface area contributed by atoms with Crippen molar-refractivity contribution in [3.05, 3.63) is 147 Å². The van der Waals surface area contributed by atoms with E-state index in [1.165, 1.54) is 48.1 Å². The highest BCUT2D eigenvalue weighted by atomic mass is 127. The monoisotopic (exact) mass is 658 g/mol. The van der Waals surface area contributed by atoms with Crippen molar-refractivity contribution in [2.24, 2.45) is 4.99 Å². The summed E-state index contributed by atoms with van der Waals surface area (Å²) in [5.74, 6) is 1.13. The number of hydrogen-bond acceptors (Lipinski definition) is 3. The summed E-state index contributed by atoms with van der Waals surface area (Å²) in [5, 5.41) is 9.27. The molecule has 0 aliphatic heterocycles. The second-order valence-electron chi connectivity index (χ2n) is 10.1. The molecule has 0 heterocycles. The molecule has 0 N–H and O–H groups in total. The fourth-order valence-corrected chi connectivity index (χ4v) is 6.68. The Balaban J connectivity index is 1.21. The topological polar surface area (TPSA) is 36.1 Å².